The minimum Gasteiger partial charge on any atom is -0.397 e. The maximum atomic E-state index is 12.1. The maximum absolute atomic E-state index is 12.1. The number of aryl methyl sites for hydroxylation is 1. The predicted molar refractivity (Wildman–Crippen MR) is 79.1 cm³/mol. The van der Waals surface area contributed by atoms with E-state index in [-0.39, 0.29) is 10.7 Å². The number of hydrogen-bond acceptors (Lipinski definition) is 3. The number of nitrogens with one attached hydrogen (secondary N) is 1. The Morgan fingerprint density at radius 2 is 2.22 bits per heavy atom. The number of rotatable bonds is 6. The Morgan fingerprint density at radius 3 is 2.78 bits per heavy atom. The number of carbonyl (C=O) groups is 1. The molecular formula is C13H23N3OS. The van der Waals surface area contributed by atoms with Crippen molar-refractivity contribution in [2.45, 2.75) is 38.5 Å². The molecule has 0 atom stereocenters. The van der Waals surface area contributed by atoms with Crippen LogP contribution < -0.4 is 11.1 Å². The molecule has 0 spiro atoms. The van der Waals surface area contributed by atoms with Crippen LogP contribution in [0, 0.1) is 0 Å². The third-order valence-corrected chi connectivity index (χ3v) is 4.09. The van der Waals surface area contributed by atoms with Gasteiger partial charge in [0.2, 0.25) is 0 Å². The van der Waals surface area contributed by atoms with E-state index in [1.54, 1.807) is 17.8 Å². The third kappa shape index (κ3) is 3.98. The number of nitrogen functional groups attached to an aromatic ring is 1. The van der Waals surface area contributed by atoms with E-state index in [0.717, 1.165) is 13.0 Å². The molecule has 18 heavy (non-hydrogen) atoms. The number of amides is 1. The SMILES string of the molecule is CCCn1cc(N)cc1C(=O)NCC(C)(C)SC. The van der Waals surface area contributed by atoms with E-state index in [2.05, 4.69) is 26.1 Å². The summed E-state index contributed by atoms with van der Waals surface area (Å²) in [4.78, 5) is 12.1. The second-order valence-corrected chi connectivity index (χ2v) is 6.51. The highest BCUT2D eigenvalue weighted by Gasteiger charge is 2.19. The lowest BCUT2D eigenvalue weighted by Gasteiger charge is -2.22. The molecule has 1 aromatic rings. The summed E-state index contributed by atoms with van der Waals surface area (Å²) in [6.07, 6.45) is 4.84. The number of nitrogens with zero attached hydrogens (tertiary/aromatic N) is 1. The lowest BCUT2D eigenvalue weighted by Crippen LogP contribution is -2.36. The summed E-state index contributed by atoms with van der Waals surface area (Å²) in [7, 11) is 0. The van der Waals surface area contributed by atoms with Crippen LogP contribution in [0.15, 0.2) is 12.3 Å². The lowest BCUT2D eigenvalue weighted by molar-refractivity contribution is 0.0941. The molecule has 0 bridgehead atoms. The summed E-state index contributed by atoms with van der Waals surface area (Å²) in [5, 5.41) is 2.97. The molecule has 0 radical (unpaired) electrons. The second-order valence-electron chi connectivity index (χ2n) is 5.00. The smallest absolute Gasteiger partial charge is 0.268 e. The predicted octanol–water partition coefficient (Wildman–Crippen LogP) is 2.35. The van der Waals surface area contributed by atoms with Crippen molar-refractivity contribution >= 4 is 23.4 Å². The molecule has 102 valence electrons. The number of carbonyl (C=O) groups excluding carboxylic acids is 1. The van der Waals surface area contributed by atoms with Gasteiger partial charge in [0, 0.05) is 24.0 Å². The molecule has 1 amide bonds. The normalized spacial score (nSPS) is 11.6. The van der Waals surface area contributed by atoms with Crippen LogP contribution in [0.1, 0.15) is 37.7 Å². The number of nitrogens with two attached hydrogens (primary N) is 1. The largest absolute Gasteiger partial charge is 0.397 e. The van der Waals surface area contributed by atoms with Gasteiger partial charge in [-0.15, -0.1) is 0 Å². The average Bonchev–Trinajstić information content (AvgIpc) is 2.68. The van der Waals surface area contributed by atoms with Gasteiger partial charge in [0.25, 0.3) is 5.91 Å². The fourth-order valence-corrected chi connectivity index (χ4v) is 1.82. The molecule has 0 aromatic carbocycles. The molecule has 1 heterocycles. The summed E-state index contributed by atoms with van der Waals surface area (Å²) in [5.74, 6) is -0.0534. The summed E-state index contributed by atoms with van der Waals surface area (Å²) in [5.41, 5.74) is 7.03. The highest BCUT2D eigenvalue weighted by Crippen LogP contribution is 2.20. The average molecular weight is 269 g/mol. The minimum atomic E-state index is -0.0534. The third-order valence-electron chi connectivity index (χ3n) is 2.84. The van der Waals surface area contributed by atoms with Crippen molar-refractivity contribution < 1.29 is 4.79 Å². The van der Waals surface area contributed by atoms with Crippen LogP contribution in [0.3, 0.4) is 0 Å². The molecule has 1 rings (SSSR count). The summed E-state index contributed by atoms with van der Waals surface area (Å²) >= 11 is 1.74. The van der Waals surface area contributed by atoms with E-state index in [9.17, 15) is 4.79 Å². The van der Waals surface area contributed by atoms with E-state index < -0.39 is 0 Å². The van der Waals surface area contributed by atoms with Crippen molar-refractivity contribution in [3.63, 3.8) is 0 Å². The zero-order valence-corrected chi connectivity index (χ0v) is 12.4. The quantitative estimate of drug-likeness (QED) is 0.833. The molecule has 1 aromatic heterocycles. The molecule has 0 unspecified atom stereocenters. The number of hydrogen-bond donors (Lipinski definition) is 2. The first-order chi connectivity index (χ1) is 8.39. The Morgan fingerprint density at radius 1 is 1.56 bits per heavy atom. The first-order valence-corrected chi connectivity index (χ1v) is 7.41. The number of anilines is 1. The summed E-state index contributed by atoms with van der Waals surface area (Å²) in [6.45, 7) is 7.75. The first kappa shape index (κ1) is 15.0. The van der Waals surface area contributed by atoms with Crippen LogP contribution in [0.2, 0.25) is 0 Å². The molecule has 0 aliphatic carbocycles. The van der Waals surface area contributed by atoms with E-state index in [1.165, 1.54) is 0 Å². The topological polar surface area (TPSA) is 60.0 Å². The highest BCUT2D eigenvalue weighted by atomic mass is 32.2. The van der Waals surface area contributed by atoms with Crippen LogP contribution >= 0.6 is 11.8 Å². The summed E-state index contributed by atoms with van der Waals surface area (Å²) < 4.78 is 1.96. The zero-order chi connectivity index (χ0) is 13.8. The fourth-order valence-electron chi connectivity index (χ4n) is 1.61. The Kier molecular flexibility index (Phi) is 5.14. The maximum Gasteiger partial charge on any atom is 0.268 e. The molecule has 5 heteroatoms. The monoisotopic (exact) mass is 269 g/mol. The van der Waals surface area contributed by atoms with Gasteiger partial charge in [-0.3, -0.25) is 4.79 Å². The van der Waals surface area contributed by atoms with Gasteiger partial charge in [0.05, 0.1) is 5.69 Å². The van der Waals surface area contributed by atoms with Crippen molar-refractivity contribution in [2.24, 2.45) is 0 Å². The van der Waals surface area contributed by atoms with Crippen LogP contribution in [-0.4, -0.2) is 28.0 Å². The van der Waals surface area contributed by atoms with E-state index in [0.29, 0.717) is 17.9 Å². The molecule has 4 nitrogen and oxygen atoms in total. The molecule has 0 aliphatic heterocycles. The van der Waals surface area contributed by atoms with E-state index >= 15 is 0 Å². The van der Waals surface area contributed by atoms with E-state index in [4.69, 9.17) is 5.73 Å². The van der Waals surface area contributed by atoms with Crippen molar-refractivity contribution in [1.29, 1.82) is 0 Å². The molecule has 0 saturated heterocycles. The van der Waals surface area contributed by atoms with Crippen LogP contribution in [-0.2, 0) is 6.54 Å². The standard InChI is InChI=1S/C13H23N3OS/c1-5-6-16-8-10(14)7-11(16)12(17)15-9-13(2,3)18-4/h7-8H,5-6,9,14H2,1-4H3,(H,15,17). The van der Waals surface area contributed by atoms with E-state index in [1.807, 2.05) is 17.0 Å². The lowest BCUT2D eigenvalue weighted by atomic mass is 10.2. The first-order valence-electron chi connectivity index (χ1n) is 6.18. The van der Waals surface area contributed by atoms with Crippen molar-refractivity contribution in [3.8, 4) is 0 Å². The van der Waals surface area contributed by atoms with Gasteiger partial charge in [0.1, 0.15) is 5.69 Å². The van der Waals surface area contributed by atoms with Gasteiger partial charge < -0.3 is 15.6 Å². The Hall–Kier alpha value is -1.10. The molecule has 0 aliphatic rings. The highest BCUT2D eigenvalue weighted by molar-refractivity contribution is 7.99. The van der Waals surface area contributed by atoms with Gasteiger partial charge in [-0.2, -0.15) is 11.8 Å². The number of thioether (sulfide) groups is 1. The molecule has 3 N–H and O–H groups in total. The van der Waals surface area contributed by atoms with Gasteiger partial charge in [-0.1, -0.05) is 6.92 Å². The fraction of sp³-hybridized carbons (Fsp3) is 0.615. The van der Waals surface area contributed by atoms with Gasteiger partial charge in [-0.25, -0.2) is 0 Å². The molecule has 0 fully saturated rings. The van der Waals surface area contributed by atoms with Crippen molar-refractivity contribution in [1.82, 2.24) is 9.88 Å². The molecule has 0 saturated carbocycles. The Balaban J connectivity index is 2.72. The van der Waals surface area contributed by atoms with Crippen LogP contribution in [0.25, 0.3) is 0 Å². The van der Waals surface area contributed by atoms with Gasteiger partial charge >= 0.3 is 0 Å². The second kappa shape index (κ2) is 6.18. The van der Waals surface area contributed by atoms with Crippen molar-refractivity contribution in [3.05, 3.63) is 18.0 Å². The summed E-state index contributed by atoms with van der Waals surface area (Å²) in [6, 6.07) is 1.73. The molecular weight excluding hydrogens is 246 g/mol. The zero-order valence-electron chi connectivity index (χ0n) is 11.6. The van der Waals surface area contributed by atoms with Crippen molar-refractivity contribution in [2.75, 3.05) is 18.5 Å². The Labute approximate surface area is 113 Å². The number of aromatic nitrogens is 1. The minimum absolute atomic E-state index is 0.0450. The van der Waals surface area contributed by atoms with Gasteiger partial charge in [-0.05, 0) is 32.6 Å². The van der Waals surface area contributed by atoms with Crippen LogP contribution in [0.5, 0.6) is 0 Å². The van der Waals surface area contributed by atoms with Crippen LogP contribution in [0.4, 0.5) is 5.69 Å². The van der Waals surface area contributed by atoms with Gasteiger partial charge in [0.15, 0.2) is 0 Å². The Bertz CT molecular complexity index is 412.